The fraction of sp³-hybridized carbons (Fsp3) is 0.412. The molecule has 1 aromatic heterocycles. The van der Waals surface area contributed by atoms with Crippen molar-refractivity contribution < 1.29 is 13.2 Å². The molecule has 1 aromatic carbocycles. The highest BCUT2D eigenvalue weighted by Crippen LogP contribution is 2.31. The molecular weight excluding hydrogens is 326 g/mol. The van der Waals surface area contributed by atoms with Gasteiger partial charge in [-0.15, -0.1) is 0 Å². The number of hydrogen-bond donors (Lipinski definition) is 1. The van der Waals surface area contributed by atoms with Crippen molar-refractivity contribution in [3.05, 3.63) is 36.5 Å². The van der Waals surface area contributed by atoms with Crippen LogP contribution in [0.15, 0.2) is 41.4 Å². The Balaban J connectivity index is 1.69. The first-order chi connectivity index (χ1) is 11.6. The molecule has 0 spiro atoms. The molecule has 7 heteroatoms. The zero-order valence-electron chi connectivity index (χ0n) is 13.2. The first kappa shape index (κ1) is 15.5. The second-order valence-corrected chi connectivity index (χ2v) is 8.39. The van der Waals surface area contributed by atoms with Gasteiger partial charge in [-0.3, -0.25) is 9.78 Å². The second-order valence-electron chi connectivity index (χ2n) is 6.48. The highest BCUT2D eigenvalue weighted by molar-refractivity contribution is 7.89. The molecule has 0 aliphatic carbocycles. The van der Waals surface area contributed by atoms with Gasteiger partial charge < -0.3 is 5.32 Å². The molecule has 1 amide bonds. The monoisotopic (exact) mass is 345 g/mol. The predicted octanol–water partition coefficient (Wildman–Crippen LogP) is 1.52. The molecule has 0 saturated carbocycles. The number of para-hydroxylation sites is 1. The summed E-state index contributed by atoms with van der Waals surface area (Å²) in [5.74, 6) is 0.211. The van der Waals surface area contributed by atoms with Crippen molar-refractivity contribution in [2.75, 3.05) is 13.1 Å². The molecule has 6 nitrogen and oxygen atoms in total. The molecule has 2 saturated heterocycles. The van der Waals surface area contributed by atoms with Crippen LogP contribution in [0.2, 0.25) is 0 Å². The van der Waals surface area contributed by atoms with Gasteiger partial charge in [0.05, 0.1) is 5.52 Å². The normalized spacial score (nSPS) is 25.2. The van der Waals surface area contributed by atoms with E-state index in [1.54, 1.807) is 24.4 Å². The Morgan fingerprint density at radius 2 is 2.00 bits per heavy atom. The Morgan fingerprint density at radius 3 is 2.88 bits per heavy atom. The fourth-order valence-corrected chi connectivity index (χ4v) is 5.40. The van der Waals surface area contributed by atoms with Gasteiger partial charge in [0.15, 0.2) is 0 Å². The summed E-state index contributed by atoms with van der Waals surface area (Å²) in [5.41, 5.74) is 0.496. The van der Waals surface area contributed by atoms with Gasteiger partial charge in [-0.1, -0.05) is 18.2 Å². The van der Waals surface area contributed by atoms with Gasteiger partial charge in [0.25, 0.3) is 0 Å². The molecule has 2 aromatic rings. The maximum Gasteiger partial charge on any atom is 0.245 e. The predicted molar refractivity (Wildman–Crippen MR) is 89.8 cm³/mol. The quantitative estimate of drug-likeness (QED) is 0.895. The van der Waals surface area contributed by atoms with E-state index in [0.29, 0.717) is 25.0 Å². The lowest BCUT2D eigenvalue weighted by atomic mass is 9.99. The van der Waals surface area contributed by atoms with Crippen molar-refractivity contribution >= 4 is 26.8 Å². The molecule has 24 heavy (non-hydrogen) atoms. The van der Waals surface area contributed by atoms with Crippen LogP contribution in [0.4, 0.5) is 0 Å². The summed E-state index contributed by atoms with van der Waals surface area (Å²) in [5, 5.41) is 3.78. The van der Waals surface area contributed by atoms with Crippen molar-refractivity contribution in [2.45, 2.75) is 30.2 Å². The highest BCUT2D eigenvalue weighted by Gasteiger charge is 2.41. The molecule has 4 rings (SSSR count). The van der Waals surface area contributed by atoms with Crippen molar-refractivity contribution in [3.8, 4) is 0 Å². The number of sulfonamides is 1. The lowest BCUT2D eigenvalue weighted by molar-refractivity contribution is -0.121. The fourth-order valence-electron chi connectivity index (χ4n) is 3.71. The maximum absolute atomic E-state index is 13.1. The van der Waals surface area contributed by atoms with E-state index in [0.717, 1.165) is 18.2 Å². The molecular formula is C17H19N3O3S. The standard InChI is InChI=1S/C17H19N3O3S/c21-16-8-2-5-13-10-20(11-14(13)19-16)24(22,23)15-7-1-4-12-6-3-9-18-17(12)15/h1,3-4,6-7,9,13-14H,2,5,8,10-11H2,(H,19,21). The topological polar surface area (TPSA) is 79.4 Å². The van der Waals surface area contributed by atoms with Crippen LogP contribution in [-0.4, -0.2) is 42.7 Å². The molecule has 0 radical (unpaired) electrons. The smallest absolute Gasteiger partial charge is 0.245 e. The number of fused-ring (bicyclic) bond motifs is 2. The largest absolute Gasteiger partial charge is 0.352 e. The van der Waals surface area contributed by atoms with Crippen LogP contribution < -0.4 is 5.32 Å². The summed E-state index contributed by atoms with van der Waals surface area (Å²) < 4.78 is 27.8. The third-order valence-electron chi connectivity index (χ3n) is 4.95. The molecule has 126 valence electrons. The van der Waals surface area contributed by atoms with Gasteiger partial charge in [0, 0.05) is 37.1 Å². The van der Waals surface area contributed by atoms with Crippen LogP contribution in [0.5, 0.6) is 0 Å². The van der Waals surface area contributed by atoms with Crippen molar-refractivity contribution in [1.29, 1.82) is 0 Å². The number of benzene rings is 1. The first-order valence-corrected chi connectivity index (χ1v) is 9.63. The van der Waals surface area contributed by atoms with Gasteiger partial charge >= 0.3 is 0 Å². The van der Waals surface area contributed by atoms with Gasteiger partial charge in [-0.2, -0.15) is 4.31 Å². The Kier molecular flexibility index (Phi) is 3.77. The zero-order chi connectivity index (χ0) is 16.7. The van der Waals surface area contributed by atoms with E-state index < -0.39 is 10.0 Å². The van der Waals surface area contributed by atoms with Gasteiger partial charge in [0.2, 0.25) is 15.9 Å². The summed E-state index contributed by atoms with van der Waals surface area (Å²) in [7, 11) is -3.63. The first-order valence-electron chi connectivity index (χ1n) is 8.19. The summed E-state index contributed by atoms with van der Waals surface area (Å²) in [6.07, 6.45) is 3.84. The number of hydrogen-bond acceptors (Lipinski definition) is 4. The van der Waals surface area contributed by atoms with Crippen LogP contribution in [0.1, 0.15) is 19.3 Å². The molecule has 1 N–H and O–H groups in total. The highest BCUT2D eigenvalue weighted by atomic mass is 32.2. The number of amides is 1. The molecule has 2 aliphatic heterocycles. The minimum Gasteiger partial charge on any atom is -0.352 e. The van der Waals surface area contributed by atoms with Crippen molar-refractivity contribution in [1.82, 2.24) is 14.6 Å². The summed E-state index contributed by atoms with van der Waals surface area (Å²) in [4.78, 5) is 16.2. The van der Waals surface area contributed by atoms with Crippen LogP contribution >= 0.6 is 0 Å². The maximum atomic E-state index is 13.1. The Bertz CT molecular complexity index is 892. The van der Waals surface area contributed by atoms with E-state index in [4.69, 9.17) is 0 Å². The average molecular weight is 345 g/mol. The van der Waals surface area contributed by atoms with Crippen LogP contribution in [0.25, 0.3) is 10.9 Å². The van der Waals surface area contributed by atoms with E-state index in [1.807, 2.05) is 12.1 Å². The van der Waals surface area contributed by atoms with Crippen LogP contribution in [0, 0.1) is 5.92 Å². The number of carbonyl (C=O) groups is 1. The minimum absolute atomic E-state index is 0.0218. The average Bonchev–Trinajstić information content (AvgIpc) is 2.89. The third-order valence-corrected chi connectivity index (χ3v) is 6.81. The van der Waals surface area contributed by atoms with Crippen molar-refractivity contribution in [2.24, 2.45) is 5.92 Å². The molecule has 0 bridgehead atoms. The number of nitrogens with one attached hydrogen (secondary N) is 1. The minimum atomic E-state index is -3.63. The van der Waals surface area contributed by atoms with E-state index in [1.165, 1.54) is 4.31 Å². The Hall–Kier alpha value is -1.99. The molecule has 2 unspecified atom stereocenters. The lowest BCUT2D eigenvalue weighted by Gasteiger charge is -2.18. The molecule has 3 heterocycles. The number of aromatic nitrogens is 1. The molecule has 2 atom stereocenters. The van der Waals surface area contributed by atoms with Gasteiger partial charge in [-0.25, -0.2) is 8.42 Å². The number of rotatable bonds is 2. The lowest BCUT2D eigenvalue weighted by Crippen LogP contribution is -2.39. The summed E-state index contributed by atoms with van der Waals surface area (Å²) >= 11 is 0. The summed E-state index contributed by atoms with van der Waals surface area (Å²) in [6, 6.07) is 8.77. The van der Waals surface area contributed by atoms with Gasteiger partial charge in [0.1, 0.15) is 4.90 Å². The number of carbonyl (C=O) groups excluding carboxylic acids is 1. The zero-order valence-corrected chi connectivity index (χ0v) is 14.0. The second kappa shape index (κ2) is 5.82. The molecule has 2 fully saturated rings. The van der Waals surface area contributed by atoms with Crippen molar-refractivity contribution in [3.63, 3.8) is 0 Å². The Labute approximate surface area is 140 Å². The van der Waals surface area contributed by atoms with Gasteiger partial charge in [-0.05, 0) is 30.9 Å². The van der Waals surface area contributed by atoms with Crippen LogP contribution in [-0.2, 0) is 14.8 Å². The van der Waals surface area contributed by atoms with E-state index >= 15 is 0 Å². The van der Waals surface area contributed by atoms with E-state index in [9.17, 15) is 13.2 Å². The number of pyridine rings is 1. The Morgan fingerprint density at radius 1 is 1.17 bits per heavy atom. The molecule has 2 aliphatic rings. The van der Waals surface area contributed by atoms with Crippen LogP contribution in [0.3, 0.4) is 0 Å². The van der Waals surface area contributed by atoms with E-state index in [2.05, 4.69) is 10.3 Å². The SMILES string of the molecule is O=C1CCCC2CN(S(=O)(=O)c3cccc4cccnc34)CC2N1. The summed E-state index contributed by atoms with van der Waals surface area (Å²) in [6.45, 7) is 0.790. The number of nitrogens with zero attached hydrogens (tertiary/aromatic N) is 2. The van der Waals surface area contributed by atoms with E-state index in [-0.39, 0.29) is 22.8 Å². The third kappa shape index (κ3) is 2.57.